The molecule has 1 atom stereocenters. The Balaban J connectivity index is 1.67. The van der Waals surface area contributed by atoms with Crippen LogP contribution in [0.25, 0.3) is 0 Å². The van der Waals surface area contributed by atoms with Crippen LogP contribution < -0.4 is 0 Å². The van der Waals surface area contributed by atoms with Crippen LogP contribution in [0.2, 0.25) is 0 Å². The van der Waals surface area contributed by atoms with Gasteiger partial charge < -0.3 is 5.11 Å². The molecule has 0 spiro atoms. The summed E-state index contributed by atoms with van der Waals surface area (Å²) in [5, 5.41) is 10.6. The molecule has 3 heteroatoms. The Labute approximate surface area is 94.8 Å². The molecular weight excluding hydrogens is 219 g/mol. The zero-order valence-electron chi connectivity index (χ0n) is 8.18. The summed E-state index contributed by atoms with van der Waals surface area (Å²) in [6.45, 7) is 0. The first-order valence-corrected chi connectivity index (χ1v) is 6.38. The third-order valence-electron chi connectivity index (χ3n) is 4.10. The molecule has 0 aromatic heterocycles. The van der Waals surface area contributed by atoms with Gasteiger partial charge in [0, 0.05) is 0 Å². The highest BCUT2D eigenvalue weighted by atomic mass is 35.5. The molecule has 1 unspecified atom stereocenters. The summed E-state index contributed by atoms with van der Waals surface area (Å²) in [5.41, 5.74) is -0.407. The summed E-state index contributed by atoms with van der Waals surface area (Å²) in [6, 6.07) is 0. The van der Waals surface area contributed by atoms with E-state index in [0.29, 0.717) is 17.8 Å². The molecule has 3 fully saturated rings. The molecule has 3 rings (SSSR count). The molecule has 3 aliphatic carbocycles. The maximum atomic E-state index is 10.6. The fraction of sp³-hybridized carbons (Fsp3) is 1.00. The second-order valence-corrected chi connectivity index (χ2v) is 6.95. The van der Waals surface area contributed by atoms with E-state index in [2.05, 4.69) is 0 Å². The van der Waals surface area contributed by atoms with E-state index in [0.717, 1.165) is 12.8 Å². The molecule has 3 saturated carbocycles. The number of alkyl halides is 2. The number of aliphatic hydroxyl groups is 1. The minimum absolute atomic E-state index is 0.344. The second-order valence-electron chi connectivity index (χ2n) is 5.41. The Morgan fingerprint density at radius 2 is 1.57 bits per heavy atom. The molecule has 1 nitrogen and oxygen atoms in total. The molecule has 3 aliphatic rings. The molecule has 0 amide bonds. The first kappa shape index (κ1) is 9.74. The summed E-state index contributed by atoms with van der Waals surface area (Å²) in [7, 11) is 0. The van der Waals surface area contributed by atoms with Crippen molar-refractivity contribution in [2.24, 2.45) is 17.8 Å². The van der Waals surface area contributed by atoms with Crippen LogP contribution in [0.4, 0.5) is 0 Å². The summed E-state index contributed by atoms with van der Waals surface area (Å²) >= 11 is 12.0. The van der Waals surface area contributed by atoms with Crippen LogP contribution in [0.15, 0.2) is 0 Å². The van der Waals surface area contributed by atoms with Crippen molar-refractivity contribution in [3.05, 3.63) is 0 Å². The van der Waals surface area contributed by atoms with E-state index >= 15 is 0 Å². The quantitative estimate of drug-likeness (QED) is 0.742. The zero-order chi connectivity index (χ0) is 9.97. The lowest BCUT2D eigenvalue weighted by Crippen LogP contribution is -2.35. The van der Waals surface area contributed by atoms with Crippen LogP contribution in [0.1, 0.15) is 38.5 Å². The van der Waals surface area contributed by atoms with Crippen molar-refractivity contribution in [3.8, 4) is 0 Å². The molecule has 0 saturated heterocycles. The van der Waals surface area contributed by atoms with Crippen LogP contribution in [0.3, 0.4) is 0 Å². The van der Waals surface area contributed by atoms with E-state index in [4.69, 9.17) is 23.2 Å². The second kappa shape index (κ2) is 2.81. The van der Waals surface area contributed by atoms with E-state index in [-0.39, 0.29) is 0 Å². The number of hydrogen-bond donors (Lipinski definition) is 1. The van der Waals surface area contributed by atoms with Crippen LogP contribution in [-0.4, -0.2) is 15.0 Å². The topological polar surface area (TPSA) is 20.2 Å². The lowest BCUT2D eigenvalue weighted by molar-refractivity contribution is -0.0181. The summed E-state index contributed by atoms with van der Waals surface area (Å²) < 4.78 is -0.516. The van der Waals surface area contributed by atoms with Crippen LogP contribution in [0.5, 0.6) is 0 Å². The van der Waals surface area contributed by atoms with Gasteiger partial charge in [-0.05, 0) is 56.3 Å². The van der Waals surface area contributed by atoms with Crippen molar-refractivity contribution in [1.29, 1.82) is 0 Å². The van der Waals surface area contributed by atoms with Gasteiger partial charge in [-0.25, -0.2) is 0 Å². The molecule has 14 heavy (non-hydrogen) atoms. The van der Waals surface area contributed by atoms with E-state index in [1.165, 1.54) is 25.7 Å². The fourth-order valence-electron chi connectivity index (χ4n) is 2.72. The first-order valence-electron chi connectivity index (χ1n) is 5.62. The SMILES string of the molecule is OC(CC1CC1(Cl)Cl)(C1CC1)C1CC1. The molecular formula is C11H16Cl2O. The molecule has 1 N–H and O–H groups in total. The Morgan fingerprint density at radius 3 is 1.86 bits per heavy atom. The number of halogens is 2. The van der Waals surface area contributed by atoms with Crippen LogP contribution >= 0.6 is 23.2 Å². The van der Waals surface area contributed by atoms with Gasteiger partial charge in [-0.1, -0.05) is 0 Å². The minimum atomic E-state index is -0.516. The predicted octanol–water partition coefficient (Wildman–Crippen LogP) is 3.12. The number of hydrogen-bond acceptors (Lipinski definition) is 1. The molecule has 0 aromatic rings. The van der Waals surface area contributed by atoms with Gasteiger partial charge in [0.2, 0.25) is 0 Å². The number of rotatable bonds is 4. The monoisotopic (exact) mass is 234 g/mol. The molecule has 0 aliphatic heterocycles. The average Bonchev–Trinajstić information content (AvgIpc) is 2.91. The van der Waals surface area contributed by atoms with Crippen LogP contribution in [0, 0.1) is 17.8 Å². The van der Waals surface area contributed by atoms with Crippen molar-refractivity contribution in [3.63, 3.8) is 0 Å². The normalized spacial score (nSPS) is 35.8. The van der Waals surface area contributed by atoms with Gasteiger partial charge in [0.15, 0.2) is 0 Å². The largest absolute Gasteiger partial charge is 0.389 e. The Morgan fingerprint density at radius 1 is 1.14 bits per heavy atom. The standard InChI is InChI=1S/C11H16Cl2O/c12-11(13)6-9(11)5-10(14,7-1-2-7)8-3-4-8/h7-9,14H,1-6H2. The zero-order valence-corrected chi connectivity index (χ0v) is 9.69. The average molecular weight is 235 g/mol. The van der Waals surface area contributed by atoms with Crippen molar-refractivity contribution in [1.82, 2.24) is 0 Å². The lowest BCUT2D eigenvalue weighted by atomic mass is 9.86. The van der Waals surface area contributed by atoms with Gasteiger partial charge in [0.1, 0.15) is 4.33 Å². The van der Waals surface area contributed by atoms with Crippen molar-refractivity contribution in [2.75, 3.05) is 0 Å². The molecule has 0 aromatic carbocycles. The lowest BCUT2D eigenvalue weighted by Gasteiger charge is -2.28. The summed E-state index contributed by atoms with van der Waals surface area (Å²) in [6.07, 6.45) is 6.54. The third kappa shape index (κ3) is 1.58. The molecule has 0 bridgehead atoms. The highest BCUT2D eigenvalue weighted by Crippen LogP contribution is 2.62. The molecule has 0 radical (unpaired) electrons. The van der Waals surface area contributed by atoms with Crippen molar-refractivity contribution in [2.45, 2.75) is 48.5 Å². The Hall–Kier alpha value is 0.540. The first-order chi connectivity index (χ1) is 6.52. The van der Waals surface area contributed by atoms with Crippen molar-refractivity contribution >= 4 is 23.2 Å². The van der Waals surface area contributed by atoms with Gasteiger partial charge in [-0.2, -0.15) is 0 Å². The van der Waals surface area contributed by atoms with Crippen LogP contribution in [-0.2, 0) is 0 Å². The third-order valence-corrected chi connectivity index (χ3v) is 5.02. The highest BCUT2D eigenvalue weighted by Gasteiger charge is 2.60. The maximum Gasteiger partial charge on any atom is 0.121 e. The van der Waals surface area contributed by atoms with Gasteiger partial charge in [0.05, 0.1) is 5.60 Å². The van der Waals surface area contributed by atoms with E-state index in [1.54, 1.807) is 0 Å². The maximum absolute atomic E-state index is 10.6. The molecule has 0 heterocycles. The van der Waals surface area contributed by atoms with E-state index in [9.17, 15) is 5.11 Å². The highest BCUT2D eigenvalue weighted by molar-refractivity contribution is 6.50. The fourth-order valence-corrected chi connectivity index (χ4v) is 3.25. The van der Waals surface area contributed by atoms with E-state index < -0.39 is 9.93 Å². The Kier molecular flexibility index (Phi) is 1.95. The predicted molar refractivity (Wildman–Crippen MR) is 57.6 cm³/mol. The van der Waals surface area contributed by atoms with Gasteiger partial charge in [-0.3, -0.25) is 0 Å². The summed E-state index contributed by atoms with van der Waals surface area (Å²) in [5.74, 6) is 1.46. The minimum Gasteiger partial charge on any atom is -0.389 e. The van der Waals surface area contributed by atoms with Gasteiger partial charge in [0.25, 0.3) is 0 Å². The Bertz CT molecular complexity index is 244. The summed E-state index contributed by atoms with van der Waals surface area (Å²) in [4.78, 5) is 0. The van der Waals surface area contributed by atoms with Gasteiger partial charge in [-0.15, -0.1) is 23.2 Å². The van der Waals surface area contributed by atoms with Crippen molar-refractivity contribution < 1.29 is 5.11 Å². The smallest absolute Gasteiger partial charge is 0.121 e. The molecule has 80 valence electrons. The van der Waals surface area contributed by atoms with E-state index in [1.807, 2.05) is 0 Å². The van der Waals surface area contributed by atoms with Gasteiger partial charge >= 0.3 is 0 Å².